The van der Waals surface area contributed by atoms with Gasteiger partial charge in [-0.2, -0.15) is 0 Å². The maximum absolute atomic E-state index is 13.2. The van der Waals surface area contributed by atoms with Gasteiger partial charge in [0.15, 0.2) is 11.6 Å². The quantitative estimate of drug-likeness (QED) is 0.718. The molecule has 1 amide bonds. The Hall–Kier alpha value is -2.99. The molecule has 0 bridgehead atoms. The van der Waals surface area contributed by atoms with E-state index < -0.39 is 5.82 Å². The van der Waals surface area contributed by atoms with E-state index in [0.717, 1.165) is 5.56 Å². The average molecular weight is 357 g/mol. The SMILES string of the molecule is Cc1ccccc1C(=O)Nc1ccc(Nc2ccc(F)c(Cl)c2)nn1. The van der Waals surface area contributed by atoms with Crippen LogP contribution in [-0.4, -0.2) is 16.1 Å². The molecule has 1 heterocycles. The number of nitrogens with zero attached hydrogens (tertiary/aromatic N) is 2. The van der Waals surface area contributed by atoms with Gasteiger partial charge in [-0.3, -0.25) is 4.79 Å². The summed E-state index contributed by atoms with van der Waals surface area (Å²) in [5, 5.41) is 13.6. The molecular formula is C18H14ClFN4O. The van der Waals surface area contributed by atoms with E-state index in [1.165, 1.54) is 18.2 Å². The number of halogens is 2. The third-order valence-electron chi connectivity index (χ3n) is 3.49. The van der Waals surface area contributed by atoms with Gasteiger partial charge in [-0.25, -0.2) is 4.39 Å². The number of hydrogen-bond acceptors (Lipinski definition) is 4. The van der Waals surface area contributed by atoms with Crippen LogP contribution in [0, 0.1) is 12.7 Å². The first kappa shape index (κ1) is 16.9. The zero-order valence-corrected chi connectivity index (χ0v) is 14.0. The molecule has 126 valence electrons. The molecule has 5 nitrogen and oxygen atoms in total. The predicted octanol–water partition coefficient (Wildman–Crippen LogP) is 4.57. The van der Waals surface area contributed by atoms with Crippen LogP contribution in [0.15, 0.2) is 54.6 Å². The van der Waals surface area contributed by atoms with Crippen LogP contribution in [0.2, 0.25) is 5.02 Å². The van der Waals surface area contributed by atoms with Crippen molar-refractivity contribution in [3.63, 3.8) is 0 Å². The van der Waals surface area contributed by atoms with Crippen LogP contribution < -0.4 is 10.6 Å². The van der Waals surface area contributed by atoms with Crippen LogP contribution in [0.25, 0.3) is 0 Å². The van der Waals surface area contributed by atoms with Gasteiger partial charge < -0.3 is 10.6 Å². The number of anilines is 3. The summed E-state index contributed by atoms with van der Waals surface area (Å²) in [7, 11) is 0. The summed E-state index contributed by atoms with van der Waals surface area (Å²) < 4.78 is 13.2. The maximum atomic E-state index is 13.2. The molecule has 0 atom stereocenters. The van der Waals surface area contributed by atoms with E-state index in [4.69, 9.17) is 11.6 Å². The molecule has 0 aliphatic rings. The van der Waals surface area contributed by atoms with Gasteiger partial charge in [0, 0.05) is 11.3 Å². The third kappa shape index (κ3) is 4.10. The summed E-state index contributed by atoms with van der Waals surface area (Å²) in [5.74, 6) is 0.0264. The molecule has 2 aromatic carbocycles. The van der Waals surface area contributed by atoms with Crippen molar-refractivity contribution < 1.29 is 9.18 Å². The van der Waals surface area contributed by atoms with Gasteiger partial charge in [-0.15, -0.1) is 10.2 Å². The lowest BCUT2D eigenvalue weighted by Crippen LogP contribution is -2.14. The molecule has 0 aliphatic carbocycles. The summed E-state index contributed by atoms with van der Waals surface area (Å²) in [5.41, 5.74) is 2.03. The number of aromatic nitrogens is 2. The van der Waals surface area contributed by atoms with E-state index in [0.29, 0.717) is 22.9 Å². The highest BCUT2D eigenvalue weighted by Crippen LogP contribution is 2.22. The average Bonchev–Trinajstić information content (AvgIpc) is 2.60. The first-order valence-corrected chi connectivity index (χ1v) is 7.83. The molecule has 0 radical (unpaired) electrons. The number of aryl methyl sites for hydroxylation is 1. The maximum Gasteiger partial charge on any atom is 0.257 e. The van der Waals surface area contributed by atoms with Crippen molar-refractivity contribution in [1.82, 2.24) is 10.2 Å². The van der Waals surface area contributed by atoms with Crippen molar-refractivity contribution in [2.75, 3.05) is 10.6 Å². The number of rotatable bonds is 4. The second-order valence-electron chi connectivity index (χ2n) is 5.33. The predicted molar refractivity (Wildman–Crippen MR) is 95.9 cm³/mol. The topological polar surface area (TPSA) is 66.9 Å². The van der Waals surface area contributed by atoms with Crippen LogP contribution in [0.4, 0.5) is 21.7 Å². The molecule has 1 aromatic heterocycles. The number of hydrogen-bond donors (Lipinski definition) is 2. The normalized spacial score (nSPS) is 10.4. The van der Waals surface area contributed by atoms with Gasteiger partial charge >= 0.3 is 0 Å². The summed E-state index contributed by atoms with van der Waals surface area (Å²) in [6.07, 6.45) is 0. The molecule has 0 spiro atoms. The zero-order chi connectivity index (χ0) is 17.8. The van der Waals surface area contributed by atoms with E-state index in [1.807, 2.05) is 19.1 Å². The Bertz CT molecular complexity index is 915. The number of amides is 1. The third-order valence-corrected chi connectivity index (χ3v) is 3.78. The molecular weight excluding hydrogens is 343 g/mol. The molecule has 3 rings (SSSR count). The van der Waals surface area contributed by atoms with Gasteiger partial charge in [0.2, 0.25) is 0 Å². The van der Waals surface area contributed by atoms with Gasteiger partial charge in [0.05, 0.1) is 5.02 Å². The minimum Gasteiger partial charge on any atom is -0.339 e. The van der Waals surface area contributed by atoms with E-state index in [-0.39, 0.29) is 10.9 Å². The molecule has 0 saturated heterocycles. The minimum atomic E-state index is -0.493. The fourth-order valence-corrected chi connectivity index (χ4v) is 2.38. The zero-order valence-electron chi connectivity index (χ0n) is 13.3. The van der Waals surface area contributed by atoms with Crippen molar-refractivity contribution >= 4 is 34.8 Å². The Morgan fingerprint density at radius 3 is 2.44 bits per heavy atom. The van der Waals surface area contributed by atoms with Crippen LogP contribution >= 0.6 is 11.6 Å². The molecule has 3 aromatic rings. The summed E-state index contributed by atoms with van der Waals surface area (Å²) in [6.45, 7) is 1.86. The summed E-state index contributed by atoms with van der Waals surface area (Å²) in [6, 6.07) is 14.8. The Balaban J connectivity index is 1.69. The first-order chi connectivity index (χ1) is 12.0. The van der Waals surface area contributed by atoms with Crippen molar-refractivity contribution in [3.05, 3.63) is 76.6 Å². The monoisotopic (exact) mass is 356 g/mol. The number of carbonyl (C=O) groups excluding carboxylic acids is 1. The molecule has 7 heteroatoms. The van der Waals surface area contributed by atoms with Crippen LogP contribution in [-0.2, 0) is 0 Å². The van der Waals surface area contributed by atoms with E-state index in [2.05, 4.69) is 20.8 Å². The van der Waals surface area contributed by atoms with Gasteiger partial charge in [0.1, 0.15) is 5.82 Å². The number of carbonyl (C=O) groups is 1. The second kappa shape index (κ2) is 7.27. The largest absolute Gasteiger partial charge is 0.339 e. The Labute approximate surface area is 148 Å². The molecule has 0 aliphatic heterocycles. The minimum absolute atomic E-state index is 0.0140. The van der Waals surface area contributed by atoms with Gasteiger partial charge in [0.25, 0.3) is 5.91 Å². The van der Waals surface area contributed by atoms with Crippen LogP contribution in [0.3, 0.4) is 0 Å². The summed E-state index contributed by atoms with van der Waals surface area (Å²) in [4.78, 5) is 12.2. The lowest BCUT2D eigenvalue weighted by molar-refractivity contribution is 0.102. The van der Waals surface area contributed by atoms with E-state index in [1.54, 1.807) is 24.3 Å². The smallest absolute Gasteiger partial charge is 0.257 e. The Morgan fingerprint density at radius 2 is 1.76 bits per heavy atom. The molecule has 2 N–H and O–H groups in total. The highest BCUT2D eigenvalue weighted by atomic mass is 35.5. The number of nitrogens with one attached hydrogen (secondary N) is 2. The number of benzene rings is 2. The van der Waals surface area contributed by atoms with Crippen molar-refractivity contribution in [2.24, 2.45) is 0 Å². The van der Waals surface area contributed by atoms with Crippen LogP contribution in [0.1, 0.15) is 15.9 Å². The second-order valence-corrected chi connectivity index (χ2v) is 5.73. The van der Waals surface area contributed by atoms with Gasteiger partial charge in [-0.1, -0.05) is 29.8 Å². The summed E-state index contributed by atoms with van der Waals surface area (Å²) >= 11 is 5.74. The highest BCUT2D eigenvalue weighted by molar-refractivity contribution is 6.31. The lowest BCUT2D eigenvalue weighted by Gasteiger charge is -2.08. The van der Waals surface area contributed by atoms with Gasteiger partial charge in [-0.05, 0) is 48.9 Å². The molecule has 25 heavy (non-hydrogen) atoms. The fraction of sp³-hybridized carbons (Fsp3) is 0.0556. The van der Waals surface area contributed by atoms with E-state index >= 15 is 0 Å². The Morgan fingerprint density at radius 1 is 1.04 bits per heavy atom. The van der Waals surface area contributed by atoms with Crippen molar-refractivity contribution in [1.29, 1.82) is 0 Å². The van der Waals surface area contributed by atoms with E-state index in [9.17, 15) is 9.18 Å². The Kier molecular flexibility index (Phi) is 4.90. The highest BCUT2D eigenvalue weighted by Gasteiger charge is 2.09. The lowest BCUT2D eigenvalue weighted by atomic mass is 10.1. The first-order valence-electron chi connectivity index (χ1n) is 7.46. The van der Waals surface area contributed by atoms with Crippen molar-refractivity contribution in [3.8, 4) is 0 Å². The van der Waals surface area contributed by atoms with Crippen molar-refractivity contribution in [2.45, 2.75) is 6.92 Å². The molecule has 0 fully saturated rings. The molecule has 0 saturated carbocycles. The molecule has 0 unspecified atom stereocenters. The fourth-order valence-electron chi connectivity index (χ4n) is 2.20. The van der Waals surface area contributed by atoms with Crippen LogP contribution in [0.5, 0.6) is 0 Å². The standard InChI is InChI=1S/C18H14ClFN4O/c1-11-4-2-3-5-13(11)18(25)22-17-9-8-16(23-24-17)21-12-6-7-15(20)14(19)10-12/h2-10H,1H3,(H,21,23)(H,22,24,25).